The number of carbonyl (C=O) groups excluding carboxylic acids is 1. The first kappa shape index (κ1) is 30.7. The first-order chi connectivity index (χ1) is 19.5. The lowest BCUT2D eigenvalue weighted by Crippen LogP contribution is -2.67. The Bertz CT molecular complexity index is 1280. The molecule has 4 fully saturated rings. The lowest BCUT2D eigenvalue weighted by Gasteiger charge is -2.71. The Morgan fingerprint density at radius 2 is 1.62 bits per heavy atom. The summed E-state index contributed by atoms with van der Waals surface area (Å²) in [5.74, 6) is 0.934. The Labute approximate surface area is 258 Å². The molecular weight excluding hydrogens is 544 g/mol. The molecule has 0 bridgehead atoms. The summed E-state index contributed by atoms with van der Waals surface area (Å²) in [6, 6.07) is 7.64. The van der Waals surface area contributed by atoms with Gasteiger partial charge in [0.15, 0.2) is 0 Å². The number of aliphatic hydroxyl groups is 2. The fourth-order valence-electron chi connectivity index (χ4n) is 11.7. The quantitative estimate of drug-likeness (QED) is 0.271. The molecule has 0 unspecified atom stereocenters. The molecule has 5 aliphatic rings. The summed E-state index contributed by atoms with van der Waals surface area (Å²) in [5, 5.41) is 22.8. The van der Waals surface area contributed by atoms with Crippen LogP contribution in [0.5, 0.6) is 0 Å². The van der Waals surface area contributed by atoms with Gasteiger partial charge in [0.05, 0.1) is 17.6 Å². The van der Waals surface area contributed by atoms with Gasteiger partial charge < -0.3 is 14.9 Å². The third kappa shape index (κ3) is 4.17. The minimum absolute atomic E-state index is 0.0142. The Morgan fingerprint density at radius 1 is 0.929 bits per heavy atom. The number of rotatable bonds is 3. The maximum absolute atomic E-state index is 14.2. The summed E-state index contributed by atoms with van der Waals surface area (Å²) in [5.41, 5.74) is 1.73. The molecule has 0 heterocycles. The molecule has 0 aromatic heterocycles. The average molecular weight is 597 g/mol. The van der Waals surface area contributed by atoms with Crippen LogP contribution >= 0.6 is 11.6 Å². The van der Waals surface area contributed by atoms with Crippen molar-refractivity contribution < 1.29 is 19.7 Å². The number of allylic oxidation sites excluding steroid dienone is 2. The van der Waals surface area contributed by atoms with Crippen LogP contribution in [0.4, 0.5) is 0 Å². The molecule has 1 aromatic carbocycles. The van der Waals surface area contributed by atoms with Crippen LogP contribution in [0.3, 0.4) is 0 Å². The number of hydrogen-bond donors (Lipinski definition) is 2. The zero-order valence-corrected chi connectivity index (χ0v) is 27.7. The lowest BCUT2D eigenvalue weighted by molar-refractivity contribution is -0.232. The number of benzene rings is 1. The summed E-state index contributed by atoms with van der Waals surface area (Å²) in [4.78, 5) is 14.2. The SMILES string of the molecule is CC1(C)CC[C@]2(C(=O)OCc3ccccc3Cl)CC[C@]3(C)C(=CC[C@@H]4[C@@]5(C)C[C@@H](O)[C@H](O)C(C)(C)[C@@H]5CC[C@]43C)[C@@H]2C1. The second kappa shape index (κ2) is 9.82. The minimum atomic E-state index is -0.687. The molecule has 4 saturated carbocycles. The van der Waals surface area contributed by atoms with Crippen molar-refractivity contribution in [1.29, 1.82) is 0 Å². The number of esters is 1. The predicted octanol–water partition coefficient (Wildman–Crippen LogP) is 8.52. The third-order valence-corrected chi connectivity index (χ3v) is 14.7. The first-order valence-corrected chi connectivity index (χ1v) is 16.9. The summed E-state index contributed by atoms with van der Waals surface area (Å²) >= 11 is 6.42. The second-order valence-corrected chi connectivity index (χ2v) is 17.5. The van der Waals surface area contributed by atoms with Crippen molar-refractivity contribution in [1.82, 2.24) is 0 Å². The molecular formula is C37H53ClO4. The Hall–Kier alpha value is -1.36. The van der Waals surface area contributed by atoms with Crippen LogP contribution in [0.25, 0.3) is 0 Å². The molecule has 232 valence electrons. The molecule has 5 aliphatic carbocycles. The van der Waals surface area contributed by atoms with Gasteiger partial charge in [-0.2, -0.15) is 0 Å². The highest BCUT2D eigenvalue weighted by atomic mass is 35.5. The van der Waals surface area contributed by atoms with Crippen LogP contribution in [-0.4, -0.2) is 28.4 Å². The molecule has 1 aromatic rings. The van der Waals surface area contributed by atoms with Crippen molar-refractivity contribution in [3.05, 3.63) is 46.5 Å². The summed E-state index contributed by atoms with van der Waals surface area (Å²) in [6.07, 6.45) is 9.78. The van der Waals surface area contributed by atoms with Gasteiger partial charge in [-0.3, -0.25) is 4.79 Å². The van der Waals surface area contributed by atoms with E-state index in [0.717, 1.165) is 56.9 Å². The van der Waals surface area contributed by atoms with Gasteiger partial charge in [0.2, 0.25) is 0 Å². The maximum atomic E-state index is 14.2. The highest BCUT2D eigenvalue weighted by Crippen LogP contribution is 2.75. The number of carbonyl (C=O) groups is 1. The van der Waals surface area contributed by atoms with Gasteiger partial charge in [0.25, 0.3) is 0 Å². The van der Waals surface area contributed by atoms with E-state index in [-0.39, 0.29) is 45.6 Å². The zero-order chi connectivity index (χ0) is 30.5. The van der Waals surface area contributed by atoms with E-state index in [1.807, 2.05) is 24.3 Å². The number of hydrogen-bond acceptors (Lipinski definition) is 4. The van der Waals surface area contributed by atoms with E-state index >= 15 is 0 Å². The van der Waals surface area contributed by atoms with E-state index in [1.165, 1.54) is 5.57 Å². The van der Waals surface area contributed by atoms with E-state index < -0.39 is 17.6 Å². The maximum Gasteiger partial charge on any atom is 0.313 e. The summed E-state index contributed by atoms with van der Waals surface area (Å²) < 4.78 is 6.15. The van der Waals surface area contributed by atoms with Crippen molar-refractivity contribution >= 4 is 17.6 Å². The van der Waals surface area contributed by atoms with Crippen molar-refractivity contribution in [2.45, 2.75) is 125 Å². The van der Waals surface area contributed by atoms with E-state index in [2.05, 4.69) is 54.5 Å². The monoisotopic (exact) mass is 596 g/mol. The molecule has 0 spiro atoms. The van der Waals surface area contributed by atoms with Crippen LogP contribution in [0.15, 0.2) is 35.9 Å². The topological polar surface area (TPSA) is 66.8 Å². The van der Waals surface area contributed by atoms with E-state index in [1.54, 1.807) is 0 Å². The number of halogens is 1. The molecule has 0 radical (unpaired) electrons. The highest BCUT2D eigenvalue weighted by Gasteiger charge is 2.70. The standard InChI is InChI=1S/C37H53ClO4/c1-32(2)16-18-37(31(41)42-22-23-10-8-9-11-26(23)38)19-17-35(6)24(25(37)20-32)12-13-29-34(5)21-27(39)30(40)33(3,4)28(34)14-15-36(29,35)7/h8-12,25,27-30,39-40H,13-22H2,1-7H3/t25-,27+,28-,29+,30-,34-,35+,36+,37-/m0/s1. The fraction of sp³-hybridized carbons (Fsp3) is 0.757. The van der Waals surface area contributed by atoms with Crippen molar-refractivity contribution in [2.24, 2.45) is 50.2 Å². The zero-order valence-electron chi connectivity index (χ0n) is 26.9. The van der Waals surface area contributed by atoms with Crippen LogP contribution in [-0.2, 0) is 16.1 Å². The van der Waals surface area contributed by atoms with Gasteiger partial charge in [0.1, 0.15) is 6.61 Å². The molecule has 6 rings (SSSR count). The number of ether oxygens (including phenoxy) is 1. The molecule has 9 atom stereocenters. The Kier molecular flexibility index (Phi) is 7.17. The average Bonchev–Trinajstić information content (AvgIpc) is 2.91. The fourth-order valence-corrected chi connectivity index (χ4v) is 11.8. The van der Waals surface area contributed by atoms with Crippen molar-refractivity contribution in [3.63, 3.8) is 0 Å². The molecule has 2 N–H and O–H groups in total. The van der Waals surface area contributed by atoms with E-state index in [4.69, 9.17) is 16.3 Å². The largest absolute Gasteiger partial charge is 0.460 e. The Morgan fingerprint density at radius 3 is 2.33 bits per heavy atom. The molecule has 0 aliphatic heterocycles. The van der Waals surface area contributed by atoms with Gasteiger partial charge >= 0.3 is 5.97 Å². The first-order valence-electron chi connectivity index (χ1n) is 16.5. The summed E-state index contributed by atoms with van der Waals surface area (Å²) in [6.45, 7) is 16.8. The normalized spacial score (nSPS) is 45.4. The third-order valence-electron chi connectivity index (χ3n) is 14.3. The number of fused-ring (bicyclic) bond motifs is 7. The second-order valence-electron chi connectivity index (χ2n) is 17.1. The number of aliphatic hydroxyl groups excluding tert-OH is 2. The molecule has 5 heteroatoms. The minimum Gasteiger partial charge on any atom is -0.460 e. The Balaban J connectivity index is 1.37. The van der Waals surface area contributed by atoms with Gasteiger partial charge in [-0.05, 0) is 109 Å². The molecule has 0 saturated heterocycles. The van der Waals surface area contributed by atoms with Crippen molar-refractivity contribution in [3.8, 4) is 0 Å². The van der Waals surface area contributed by atoms with Crippen molar-refractivity contribution in [2.75, 3.05) is 0 Å². The molecule has 0 amide bonds. The lowest BCUT2D eigenvalue weighted by atomic mass is 9.33. The predicted molar refractivity (Wildman–Crippen MR) is 168 cm³/mol. The van der Waals surface area contributed by atoms with Gasteiger partial charge in [-0.1, -0.05) is 89.9 Å². The van der Waals surface area contributed by atoms with Crippen LogP contribution in [0, 0.1) is 50.2 Å². The van der Waals surface area contributed by atoms with Crippen LogP contribution in [0.1, 0.15) is 112 Å². The summed E-state index contributed by atoms with van der Waals surface area (Å²) in [7, 11) is 0. The molecule has 4 nitrogen and oxygen atoms in total. The van der Waals surface area contributed by atoms with Gasteiger partial charge in [-0.25, -0.2) is 0 Å². The highest BCUT2D eigenvalue weighted by molar-refractivity contribution is 6.31. The molecule has 42 heavy (non-hydrogen) atoms. The van der Waals surface area contributed by atoms with E-state index in [0.29, 0.717) is 23.3 Å². The smallest absolute Gasteiger partial charge is 0.313 e. The van der Waals surface area contributed by atoms with Gasteiger partial charge in [-0.15, -0.1) is 0 Å². The van der Waals surface area contributed by atoms with Crippen LogP contribution in [0.2, 0.25) is 5.02 Å². The van der Waals surface area contributed by atoms with Gasteiger partial charge in [0, 0.05) is 10.6 Å². The van der Waals surface area contributed by atoms with E-state index in [9.17, 15) is 15.0 Å². The van der Waals surface area contributed by atoms with Crippen LogP contribution < -0.4 is 0 Å².